The van der Waals surface area contributed by atoms with Crippen molar-refractivity contribution in [3.05, 3.63) is 64.1 Å². The van der Waals surface area contributed by atoms with Crippen LogP contribution < -0.4 is 15.3 Å². The number of hydrogen-bond acceptors (Lipinski definition) is 7. The summed E-state index contributed by atoms with van der Waals surface area (Å²) in [4.78, 5) is 37.0. The molecule has 0 spiro atoms. The molecule has 0 saturated carbocycles. The molecule has 1 amide bonds. The number of halogens is 3. The van der Waals surface area contributed by atoms with Crippen LogP contribution in [0.25, 0.3) is 22.0 Å². The molecular weight excluding hydrogens is 592 g/mol. The summed E-state index contributed by atoms with van der Waals surface area (Å²) in [5, 5.41) is 0.727. The fraction of sp³-hybridized carbons (Fsp3) is 0.469. The molecular formula is C32H36ClF2N5O4. The number of nitrogens with zero attached hydrogens (tertiary/aromatic N) is 5. The number of ether oxygens (including phenoxy) is 2. The Morgan fingerprint density at radius 2 is 1.95 bits per heavy atom. The van der Waals surface area contributed by atoms with E-state index in [-0.39, 0.29) is 53.1 Å². The molecule has 4 atom stereocenters. The van der Waals surface area contributed by atoms with Crippen molar-refractivity contribution in [2.75, 3.05) is 51.4 Å². The predicted octanol–water partition coefficient (Wildman–Crippen LogP) is 4.65. The van der Waals surface area contributed by atoms with E-state index in [9.17, 15) is 14.0 Å². The number of benzene rings is 2. The number of hydrogen-bond donors (Lipinski definition) is 0. The van der Waals surface area contributed by atoms with Crippen molar-refractivity contribution in [3.8, 4) is 16.9 Å². The van der Waals surface area contributed by atoms with Crippen LogP contribution in [0.1, 0.15) is 32.7 Å². The molecule has 4 heterocycles. The van der Waals surface area contributed by atoms with E-state index < -0.39 is 23.4 Å². The Bertz CT molecular complexity index is 1680. The summed E-state index contributed by atoms with van der Waals surface area (Å²) in [6, 6.07) is 4.37. The molecule has 6 rings (SSSR count). The van der Waals surface area contributed by atoms with E-state index in [4.69, 9.17) is 21.1 Å². The molecule has 0 aliphatic carbocycles. The molecule has 12 heteroatoms. The van der Waals surface area contributed by atoms with Gasteiger partial charge in [0.2, 0.25) is 5.91 Å². The second-order valence-electron chi connectivity index (χ2n) is 12.0. The molecule has 1 aromatic heterocycles. The molecule has 234 valence electrons. The summed E-state index contributed by atoms with van der Waals surface area (Å²) >= 11 is 6.85. The van der Waals surface area contributed by atoms with E-state index in [1.54, 1.807) is 15.5 Å². The van der Waals surface area contributed by atoms with Crippen molar-refractivity contribution in [3.63, 3.8) is 0 Å². The Hall–Kier alpha value is -3.54. The molecule has 2 aromatic carbocycles. The maximum atomic E-state index is 15.1. The fourth-order valence-corrected chi connectivity index (χ4v) is 7.02. The zero-order valence-electron chi connectivity index (χ0n) is 25.1. The Balaban J connectivity index is 1.47. The number of rotatable bonds is 7. The Kier molecular flexibility index (Phi) is 8.38. The Morgan fingerprint density at radius 3 is 2.66 bits per heavy atom. The van der Waals surface area contributed by atoms with E-state index >= 15 is 4.39 Å². The first-order valence-corrected chi connectivity index (χ1v) is 15.3. The van der Waals surface area contributed by atoms with Gasteiger partial charge in [-0.05, 0) is 64.6 Å². The maximum absolute atomic E-state index is 15.1. The van der Waals surface area contributed by atoms with Crippen LogP contribution in [0, 0.1) is 11.6 Å². The molecule has 44 heavy (non-hydrogen) atoms. The van der Waals surface area contributed by atoms with Crippen LogP contribution in [0.15, 0.2) is 41.7 Å². The van der Waals surface area contributed by atoms with Gasteiger partial charge in [-0.25, -0.2) is 13.6 Å². The van der Waals surface area contributed by atoms with Crippen LogP contribution in [-0.2, 0) is 9.53 Å². The molecule has 1 unspecified atom stereocenters. The zero-order valence-corrected chi connectivity index (χ0v) is 25.8. The maximum Gasteiger partial charge on any atom is 0.350 e. The van der Waals surface area contributed by atoms with Crippen LogP contribution in [0.5, 0.6) is 5.75 Å². The van der Waals surface area contributed by atoms with Gasteiger partial charge in [0, 0.05) is 53.8 Å². The van der Waals surface area contributed by atoms with Gasteiger partial charge in [-0.15, -0.1) is 0 Å². The lowest BCUT2D eigenvalue weighted by Gasteiger charge is -2.45. The lowest BCUT2D eigenvalue weighted by molar-refractivity contribution is -0.128. The van der Waals surface area contributed by atoms with Crippen molar-refractivity contribution in [1.82, 2.24) is 19.4 Å². The van der Waals surface area contributed by atoms with Crippen LogP contribution >= 0.6 is 11.6 Å². The third kappa shape index (κ3) is 5.35. The lowest BCUT2D eigenvalue weighted by atomic mass is 9.99. The number of amides is 1. The highest BCUT2D eigenvalue weighted by Crippen LogP contribution is 2.47. The highest BCUT2D eigenvalue weighted by Gasteiger charge is 2.36. The van der Waals surface area contributed by atoms with Crippen LogP contribution in [-0.4, -0.2) is 89.9 Å². The minimum absolute atomic E-state index is 0.0585. The van der Waals surface area contributed by atoms with Gasteiger partial charge in [0.25, 0.3) is 0 Å². The molecule has 0 bridgehead atoms. The fourth-order valence-electron chi connectivity index (χ4n) is 6.72. The van der Waals surface area contributed by atoms with Gasteiger partial charge in [-0.1, -0.05) is 18.2 Å². The van der Waals surface area contributed by atoms with Crippen molar-refractivity contribution >= 4 is 34.2 Å². The minimum atomic E-state index is -0.800. The Morgan fingerprint density at radius 1 is 1.18 bits per heavy atom. The second-order valence-corrected chi connectivity index (χ2v) is 12.4. The van der Waals surface area contributed by atoms with Gasteiger partial charge in [-0.2, -0.15) is 4.98 Å². The lowest BCUT2D eigenvalue weighted by Crippen LogP contribution is -2.58. The normalized spacial score (nSPS) is 23.7. The van der Waals surface area contributed by atoms with E-state index in [0.29, 0.717) is 42.5 Å². The van der Waals surface area contributed by atoms with Crippen LogP contribution in [0.4, 0.5) is 14.6 Å². The van der Waals surface area contributed by atoms with Crippen molar-refractivity contribution in [2.24, 2.45) is 0 Å². The largest absolute Gasteiger partial charge is 0.488 e. The van der Waals surface area contributed by atoms with Gasteiger partial charge in [0.05, 0.1) is 29.8 Å². The molecule has 3 aromatic rings. The number of likely N-dealkylation sites (N-methyl/N-ethyl adjacent to an activating group) is 1. The van der Waals surface area contributed by atoms with Crippen molar-refractivity contribution in [2.45, 2.75) is 50.9 Å². The molecule has 2 saturated heterocycles. The summed E-state index contributed by atoms with van der Waals surface area (Å²) in [5.74, 6) is -1.05. The van der Waals surface area contributed by atoms with Crippen molar-refractivity contribution in [1.29, 1.82) is 0 Å². The second kappa shape index (κ2) is 12.1. The number of carbonyl (C=O) groups is 1. The van der Waals surface area contributed by atoms with Crippen LogP contribution in [0.2, 0.25) is 5.02 Å². The minimum Gasteiger partial charge on any atom is -0.488 e. The monoisotopic (exact) mass is 627 g/mol. The topological polar surface area (TPSA) is 80.1 Å². The number of anilines is 1. The zero-order chi connectivity index (χ0) is 31.3. The highest BCUT2D eigenvalue weighted by atomic mass is 35.5. The first-order valence-electron chi connectivity index (χ1n) is 14.9. The number of likely N-dealkylation sites (tertiary alicyclic amines) is 1. The third-order valence-electron chi connectivity index (χ3n) is 9.09. The average Bonchev–Trinajstić information content (AvgIpc) is 3.40. The highest BCUT2D eigenvalue weighted by molar-refractivity contribution is 6.35. The first kappa shape index (κ1) is 30.5. The smallest absolute Gasteiger partial charge is 0.350 e. The predicted molar refractivity (Wildman–Crippen MR) is 166 cm³/mol. The summed E-state index contributed by atoms with van der Waals surface area (Å²) in [6.45, 7) is 10.2. The summed E-state index contributed by atoms with van der Waals surface area (Å²) in [5.41, 5.74) is 0.214. The van der Waals surface area contributed by atoms with Gasteiger partial charge < -0.3 is 24.2 Å². The molecule has 0 N–H and O–H groups in total. The number of piperazine rings is 1. The average molecular weight is 628 g/mol. The van der Waals surface area contributed by atoms with Crippen LogP contribution in [0.3, 0.4) is 0 Å². The third-order valence-corrected chi connectivity index (χ3v) is 9.39. The SMILES string of the molecule is C=CC(=O)N1C[C@H](C)N(c2nc(=O)n3c4c(c(-c5ccc(F)cc5F)c(Cl)cc24)OC[C@H]3COCC2CCCN2C)C[C@H]1C. The van der Waals surface area contributed by atoms with Crippen molar-refractivity contribution < 1.29 is 23.0 Å². The molecule has 2 fully saturated rings. The molecule has 3 aliphatic heterocycles. The van der Waals surface area contributed by atoms with E-state index in [2.05, 4.69) is 23.5 Å². The first-order chi connectivity index (χ1) is 21.1. The Labute approximate surface area is 259 Å². The summed E-state index contributed by atoms with van der Waals surface area (Å²) < 4.78 is 43.0. The van der Waals surface area contributed by atoms with E-state index in [0.717, 1.165) is 31.5 Å². The molecule has 0 radical (unpaired) electrons. The van der Waals surface area contributed by atoms with E-state index in [1.807, 2.05) is 18.7 Å². The number of carbonyl (C=O) groups excluding carboxylic acids is 1. The van der Waals surface area contributed by atoms with Gasteiger partial charge in [0.15, 0.2) is 5.75 Å². The summed E-state index contributed by atoms with van der Waals surface area (Å²) in [7, 11) is 2.08. The van der Waals surface area contributed by atoms with Gasteiger partial charge in [-0.3, -0.25) is 9.36 Å². The standard InChI is InChI=1S/C32H36ClF2N5O4/c1-5-27(41)38-13-19(3)39(14-18(38)2)31-24-12-25(33)28(23-9-8-20(34)11-26(23)35)30-29(24)40(32(42)36-31)22(17-44-30)16-43-15-21-7-6-10-37(21)4/h5,8-9,11-12,18-19,21-22H,1,6-7,10,13-17H2,2-4H3/t18-,19+,21?,22-/m1/s1. The van der Waals surface area contributed by atoms with E-state index in [1.165, 1.54) is 12.1 Å². The quantitative estimate of drug-likeness (QED) is 0.353. The molecule has 9 nitrogen and oxygen atoms in total. The molecule has 3 aliphatic rings. The summed E-state index contributed by atoms with van der Waals surface area (Å²) in [6.07, 6.45) is 3.47. The van der Waals surface area contributed by atoms with Gasteiger partial charge in [0.1, 0.15) is 24.1 Å². The van der Waals surface area contributed by atoms with Gasteiger partial charge >= 0.3 is 5.69 Å². The number of aromatic nitrogens is 2.